The van der Waals surface area contributed by atoms with Gasteiger partial charge in [0.25, 0.3) is 0 Å². The minimum atomic E-state index is -0.830. The zero-order valence-corrected chi connectivity index (χ0v) is 13.5. The van der Waals surface area contributed by atoms with Gasteiger partial charge in [0.2, 0.25) is 0 Å². The molecule has 2 atom stereocenters. The Balaban J connectivity index is 1.42. The fourth-order valence-corrected chi connectivity index (χ4v) is 3.71. The summed E-state index contributed by atoms with van der Waals surface area (Å²) in [6, 6.07) is -0.209. The predicted molar refractivity (Wildman–Crippen MR) is 82.0 cm³/mol. The molecule has 130 valence electrons. The van der Waals surface area contributed by atoms with Gasteiger partial charge in [0, 0.05) is 32.5 Å². The highest BCUT2D eigenvalue weighted by molar-refractivity contribution is 5.77. The maximum absolute atomic E-state index is 12.1. The lowest BCUT2D eigenvalue weighted by Crippen LogP contribution is -2.43. The van der Waals surface area contributed by atoms with Gasteiger partial charge in [-0.3, -0.25) is 4.79 Å². The molecule has 0 bridgehead atoms. The van der Waals surface area contributed by atoms with Gasteiger partial charge in [0.1, 0.15) is 6.10 Å². The lowest BCUT2D eigenvalue weighted by atomic mass is 10.1. The zero-order valence-electron chi connectivity index (χ0n) is 13.5. The molecule has 1 saturated carbocycles. The first-order valence-corrected chi connectivity index (χ1v) is 8.65. The largest absolute Gasteiger partial charge is 0.481 e. The maximum Gasteiger partial charge on any atom is 0.317 e. The van der Waals surface area contributed by atoms with Gasteiger partial charge in [-0.1, -0.05) is 12.8 Å². The monoisotopic (exact) mass is 326 g/mol. The van der Waals surface area contributed by atoms with Crippen molar-refractivity contribution in [1.29, 1.82) is 0 Å². The molecule has 2 saturated heterocycles. The lowest BCUT2D eigenvalue weighted by Gasteiger charge is -2.26. The highest BCUT2D eigenvalue weighted by atomic mass is 16.7. The molecule has 0 radical (unpaired) electrons. The maximum atomic E-state index is 12.1. The quantitative estimate of drug-likeness (QED) is 0.822. The van der Waals surface area contributed by atoms with Crippen LogP contribution < -0.4 is 5.32 Å². The summed E-state index contributed by atoms with van der Waals surface area (Å²) in [5.74, 6) is -1.71. The summed E-state index contributed by atoms with van der Waals surface area (Å²) in [5.41, 5.74) is 0. The summed E-state index contributed by atoms with van der Waals surface area (Å²) in [7, 11) is 0. The van der Waals surface area contributed by atoms with E-state index in [1.54, 1.807) is 4.90 Å². The summed E-state index contributed by atoms with van der Waals surface area (Å²) in [4.78, 5) is 24.6. The minimum Gasteiger partial charge on any atom is -0.481 e. The highest BCUT2D eigenvalue weighted by Gasteiger charge is 2.41. The van der Waals surface area contributed by atoms with Crippen LogP contribution in [0, 0.1) is 5.92 Å². The van der Waals surface area contributed by atoms with E-state index < -0.39 is 17.7 Å². The molecule has 0 aromatic heterocycles. The molecule has 3 aliphatic rings. The van der Waals surface area contributed by atoms with Gasteiger partial charge >= 0.3 is 12.0 Å². The standard InChI is InChI=1S/C16H26N2O5/c19-14(20)12-5-8-18(10-12)15(21)17-9-13-11-22-16(23-13)6-3-1-2-4-7-16/h12-13H,1-11H2,(H,17,21)(H,19,20). The van der Waals surface area contributed by atoms with E-state index in [1.165, 1.54) is 12.8 Å². The number of ether oxygens (including phenoxy) is 2. The summed E-state index contributed by atoms with van der Waals surface area (Å²) in [5, 5.41) is 11.8. The summed E-state index contributed by atoms with van der Waals surface area (Å²) < 4.78 is 12.0. The molecule has 0 aromatic rings. The molecular formula is C16H26N2O5. The van der Waals surface area contributed by atoms with E-state index in [9.17, 15) is 9.59 Å². The molecule has 7 heteroatoms. The number of nitrogens with one attached hydrogen (secondary N) is 1. The number of hydrogen-bond donors (Lipinski definition) is 2. The van der Waals surface area contributed by atoms with Gasteiger partial charge in [-0.05, 0) is 19.3 Å². The normalized spacial score (nSPS) is 30.3. The molecule has 1 spiro atoms. The van der Waals surface area contributed by atoms with Crippen molar-refractivity contribution in [3.63, 3.8) is 0 Å². The number of carboxylic acid groups (broad SMARTS) is 1. The summed E-state index contributed by atoms with van der Waals surface area (Å²) in [6.07, 6.45) is 7.00. The van der Waals surface area contributed by atoms with Crippen LogP contribution >= 0.6 is 0 Å². The Morgan fingerprint density at radius 3 is 2.61 bits per heavy atom. The Kier molecular flexibility index (Phi) is 5.06. The Morgan fingerprint density at radius 1 is 1.22 bits per heavy atom. The van der Waals surface area contributed by atoms with Crippen LogP contribution in [0.25, 0.3) is 0 Å². The van der Waals surface area contributed by atoms with E-state index in [0.29, 0.717) is 26.1 Å². The van der Waals surface area contributed by atoms with Gasteiger partial charge in [-0.2, -0.15) is 0 Å². The van der Waals surface area contributed by atoms with Crippen LogP contribution in [0.5, 0.6) is 0 Å². The van der Waals surface area contributed by atoms with Crippen molar-refractivity contribution in [3.05, 3.63) is 0 Å². The van der Waals surface area contributed by atoms with E-state index in [4.69, 9.17) is 14.6 Å². The van der Waals surface area contributed by atoms with Crippen LogP contribution in [0.4, 0.5) is 4.79 Å². The molecular weight excluding hydrogens is 300 g/mol. The van der Waals surface area contributed by atoms with E-state index in [1.807, 2.05) is 0 Å². The smallest absolute Gasteiger partial charge is 0.317 e. The minimum absolute atomic E-state index is 0.116. The van der Waals surface area contributed by atoms with Gasteiger partial charge in [0.05, 0.1) is 12.5 Å². The van der Waals surface area contributed by atoms with Crippen molar-refractivity contribution >= 4 is 12.0 Å². The number of amides is 2. The van der Waals surface area contributed by atoms with E-state index in [2.05, 4.69) is 5.32 Å². The van der Waals surface area contributed by atoms with Crippen LogP contribution in [0.15, 0.2) is 0 Å². The molecule has 1 aliphatic carbocycles. The Labute approximate surface area is 136 Å². The number of likely N-dealkylation sites (tertiary alicyclic amines) is 1. The summed E-state index contributed by atoms with van der Waals surface area (Å²) >= 11 is 0. The number of carbonyl (C=O) groups excluding carboxylic acids is 1. The third kappa shape index (κ3) is 3.95. The molecule has 3 rings (SSSR count). The zero-order chi connectivity index (χ0) is 16.3. The second-order valence-electron chi connectivity index (χ2n) is 6.83. The van der Waals surface area contributed by atoms with Crippen LogP contribution in [-0.2, 0) is 14.3 Å². The van der Waals surface area contributed by atoms with Gasteiger partial charge in [-0.25, -0.2) is 4.79 Å². The SMILES string of the molecule is O=C(O)C1CCN(C(=O)NCC2COC3(CCCCCC3)O2)C1. The van der Waals surface area contributed by atoms with Gasteiger partial charge in [0.15, 0.2) is 5.79 Å². The topological polar surface area (TPSA) is 88.1 Å². The number of nitrogens with zero attached hydrogens (tertiary/aromatic N) is 1. The van der Waals surface area contributed by atoms with Crippen LogP contribution in [0.3, 0.4) is 0 Å². The average molecular weight is 326 g/mol. The molecule has 7 nitrogen and oxygen atoms in total. The van der Waals surface area contributed by atoms with E-state index >= 15 is 0 Å². The number of hydrogen-bond acceptors (Lipinski definition) is 4. The molecule has 2 N–H and O–H groups in total. The van der Waals surface area contributed by atoms with Crippen molar-refractivity contribution in [2.75, 3.05) is 26.2 Å². The second kappa shape index (κ2) is 7.05. The third-order valence-electron chi connectivity index (χ3n) is 5.08. The van der Waals surface area contributed by atoms with Crippen molar-refractivity contribution < 1.29 is 24.2 Å². The highest BCUT2D eigenvalue weighted by Crippen LogP contribution is 2.36. The Hall–Kier alpha value is -1.34. The van der Waals surface area contributed by atoms with Crippen molar-refractivity contribution in [2.24, 2.45) is 5.92 Å². The van der Waals surface area contributed by atoms with Crippen molar-refractivity contribution in [1.82, 2.24) is 10.2 Å². The molecule has 2 amide bonds. The van der Waals surface area contributed by atoms with Gasteiger partial charge < -0.3 is 24.8 Å². The predicted octanol–water partition coefficient (Wildman–Crippen LogP) is 1.57. The first-order chi connectivity index (χ1) is 11.1. The first-order valence-electron chi connectivity index (χ1n) is 8.65. The number of aliphatic carboxylic acids is 1. The molecule has 0 aromatic carbocycles. The van der Waals surface area contributed by atoms with E-state index in [0.717, 1.165) is 25.7 Å². The number of urea groups is 1. The second-order valence-corrected chi connectivity index (χ2v) is 6.83. The van der Waals surface area contributed by atoms with Crippen LogP contribution in [0.1, 0.15) is 44.9 Å². The average Bonchev–Trinajstić information content (AvgIpc) is 3.10. The number of carboxylic acids is 1. The molecule has 2 unspecified atom stereocenters. The van der Waals surface area contributed by atoms with Crippen molar-refractivity contribution in [2.45, 2.75) is 56.8 Å². The molecule has 2 aliphatic heterocycles. The molecule has 3 fully saturated rings. The summed E-state index contributed by atoms with van der Waals surface area (Å²) in [6.45, 7) is 1.70. The molecule has 23 heavy (non-hydrogen) atoms. The number of rotatable bonds is 3. The van der Waals surface area contributed by atoms with Crippen LogP contribution in [0.2, 0.25) is 0 Å². The molecule has 2 heterocycles. The lowest BCUT2D eigenvalue weighted by molar-refractivity contribution is -0.175. The van der Waals surface area contributed by atoms with Gasteiger partial charge in [-0.15, -0.1) is 0 Å². The first kappa shape index (κ1) is 16.5. The van der Waals surface area contributed by atoms with E-state index in [-0.39, 0.29) is 18.7 Å². The number of carbonyl (C=O) groups is 2. The fraction of sp³-hybridized carbons (Fsp3) is 0.875. The third-order valence-corrected chi connectivity index (χ3v) is 5.08. The Bertz CT molecular complexity index is 448. The Morgan fingerprint density at radius 2 is 1.96 bits per heavy atom. The van der Waals surface area contributed by atoms with Crippen molar-refractivity contribution in [3.8, 4) is 0 Å². The van der Waals surface area contributed by atoms with Crippen LogP contribution in [-0.4, -0.2) is 60.1 Å². The fourth-order valence-electron chi connectivity index (χ4n) is 3.71.